The molecule has 26 heavy (non-hydrogen) atoms. The summed E-state index contributed by atoms with van der Waals surface area (Å²) in [5.74, 6) is 0. The van der Waals surface area contributed by atoms with E-state index in [4.69, 9.17) is 4.74 Å². The number of epoxide rings is 1. The zero-order valence-corrected chi connectivity index (χ0v) is 16.5. The molecule has 3 rings (SSSR count). The van der Waals surface area contributed by atoms with Crippen molar-refractivity contribution in [3.8, 4) is 0 Å². The zero-order valence-electron chi connectivity index (χ0n) is 15.6. The molecule has 1 saturated heterocycles. The number of hydrogen-bond acceptors (Lipinski definition) is 3. The second kappa shape index (κ2) is 8.52. The standard InChI is InChI=1S/C22H29O3P/c1-3-4-7-16-20(22-21(25-22)17(2)23)26(24,18-12-8-5-9-13-18)19-14-10-6-11-15-19/h5-6,8-15,17,20-23H,3-4,7,16H2,1-2H3/t17-,20+,21-,22-/m0/s1. The van der Waals surface area contributed by atoms with Crippen LogP contribution in [0.5, 0.6) is 0 Å². The Morgan fingerprint density at radius 2 is 1.50 bits per heavy atom. The lowest BCUT2D eigenvalue weighted by molar-refractivity contribution is 0.152. The van der Waals surface area contributed by atoms with Crippen molar-refractivity contribution in [2.75, 3.05) is 0 Å². The van der Waals surface area contributed by atoms with Gasteiger partial charge in [0, 0.05) is 16.3 Å². The van der Waals surface area contributed by atoms with E-state index >= 15 is 0 Å². The summed E-state index contributed by atoms with van der Waals surface area (Å²) in [6.45, 7) is 3.93. The van der Waals surface area contributed by atoms with E-state index in [9.17, 15) is 9.67 Å². The van der Waals surface area contributed by atoms with Crippen LogP contribution >= 0.6 is 7.14 Å². The summed E-state index contributed by atoms with van der Waals surface area (Å²) in [5, 5.41) is 11.7. The average Bonchev–Trinajstić information content (AvgIpc) is 3.47. The third-order valence-electron chi connectivity index (χ3n) is 5.27. The van der Waals surface area contributed by atoms with E-state index in [0.29, 0.717) is 0 Å². The lowest BCUT2D eigenvalue weighted by Gasteiger charge is -2.28. The molecule has 4 heteroatoms. The van der Waals surface area contributed by atoms with Crippen LogP contribution in [0, 0.1) is 0 Å². The number of unbranched alkanes of at least 4 members (excludes halogenated alkanes) is 2. The summed E-state index contributed by atoms with van der Waals surface area (Å²) in [6, 6.07) is 19.6. The normalized spacial score (nSPS) is 22.0. The Kier molecular flexibility index (Phi) is 6.34. The Labute approximate surface area is 156 Å². The molecule has 1 fully saturated rings. The Bertz CT molecular complexity index is 686. The van der Waals surface area contributed by atoms with Crippen molar-refractivity contribution in [1.29, 1.82) is 0 Å². The van der Waals surface area contributed by atoms with Gasteiger partial charge in [0.15, 0.2) is 0 Å². The molecule has 1 aliphatic rings. The van der Waals surface area contributed by atoms with E-state index in [1.54, 1.807) is 6.92 Å². The Balaban J connectivity index is 2.03. The highest BCUT2D eigenvalue weighted by atomic mass is 31.2. The molecule has 0 bridgehead atoms. The molecule has 2 aromatic rings. The maximum atomic E-state index is 14.6. The van der Waals surface area contributed by atoms with Crippen LogP contribution in [-0.4, -0.2) is 29.1 Å². The predicted octanol–water partition coefficient (Wildman–Crippen LogP) is 4.10. The minimum Gasteiger partial charge on any atom is -0.391 e. The van der Waals surface area contributed by atoms with E-state index in [1.807, 2.05) is 60.7 Å². The molecule has 0 unspecified atom stereocenters. The fourth-order valence-electron chi connectivity index (χ4n) is 3.82. The van der Waals surface area contributed by atoms with E-state index in [1.165, 1.54) is 0 Å². The third kappa shape index (κ3) is 3.96. The van der Waals surface area contributed by atoms with E-state index < -0.39 is 13.2 Å². The van der Waals surface area contributed by atoms with Gasteiger partial charge in [-0.25, -0.2) is 0 Å². The molecule has 140 valence electrons. The van der Waals surface area contributed by atoms with Gasteiger partial charge in [-0.1, -0.05) is 86.8 Å². The van der Waals surface area contributed by atoms with Crippen molar-refractivity contribution in [3.05, 3.63) is 60.7 Å². The number of benzene rings is 2. The molecule has 1 aliphatic heterocycles. The van der Waals surface area contributed by atoms with Gasteiger partial charge in [0.25, 0.3) is 0 Å². The summed E-state index contributed by atoms with van der Waals surface area (Å²) >= 11 is 0. The average molecular weight is 372 g/mol. The fourth-order valence-corrected chi connectivity index (χ4v) is 7.32. The van der Waals surface area contributed by atoms with Crippen LogP contribution in [0.1, 0.15) is 39.5 Å². The molecule has 2 aromatic carbocycles. The molecule has 4 atom stereocenters. The second-order valence-corrected chi connectivity index (χ2v) is 10.2. The molecule has 1 N–H and O–H groups in total. The zero-order chi connectivity index (χ0) is 18.6. The molecular weight excluding hydrogens is 343 g/mol. The van der Waals surface area contributed by atoms with Crippen LogP contribution in [0.3, 0.4) is 0 Å². The minimum absolute atomic E-state index is 0.0987. The van der Waals surface area contributed by atoms with Gasteiger partial charge in [0.1, 0.15) is 13.2 Å². The van der Waals surface area contributed by atoms with Gasteiger partial charge < -0.3 is 14.4 Å². The quantitative estimate of drug-likeness (QED) is 0.410. The Hall–Kier alpha value is -1.41. The highest BCUT2D eigenvalue weighted by molar-refractivity contribution is 7.79. The molecule has 0 aromatic heterocycles. The first-order valence-corrected chi connectivity index (χ1v) is 11.4. The first-order valence-electron chi connectivity index (χ1n) is 9.63. The fraction of sp³-hybridized carbons (Fsp3) is 0.455. The Morgan fingerprint density at radius 1 is 0.962 bits per heavy atom. The van der Waals surface area contributed by atoms with Crippen LogP contribution in [-0.2, 0) is 9.30 Å². The Morgan fingerprint density at radius 3 is 1.92 bits per heavy atom. The van der Waals surface area contributed by atoms with Crippen molar-refractivity contribution in [2.45, 2.75) is 63.5 Å². The van der Waals surface area contributed by atoms with Crippen molar-refractivity contribution in [3.63, 3.8) is 0 Å². The van der Waals surface area contributed by atoms with Gasteiger partial charge in [-0.15, -0.1) is 0 Å². The summed E-state index contributed by atoms with van der Waals surface area (Å²) in [7, 11) is -2.88. The van der Waals surface area contributed by atoms with Crippen molar-refractivity contribution >= 4 is 17.8 Å². The first kappa shape index (κ1) is 19.4. The van der Waals surface area contributed by atoms with Crippen LogP contribution in [0.2, 0.25) is 0 Å². The molecular formula is C22H29O3P. The number of aliphatic hydroxyl groups is 1. The summed E-state index contributed by atoms with van der Waals surface area (Å²) in [6.07, 6.45) is 3.24. The number of ether oxygens (including phenoxy) is 1. The van der Waals surface area contributed by atoms with Crippen LogP contribution in [0.4, 0.5) is 0 Å². The molecule has 0 saturated carbocycles. The highest BCUT2D eigenvalue weighted by Gasteiger charge is 2.54. The lowest BCUT2D eigenvalue weighted by Crippen LogP contribution is -2.32. The smallest absolute Gasteiger partial charge is 0.148 e. The van der Waals surface area contributed by atoms with Gasteiger partial charge in [-0.2, -0.15) is 0 Å². The summed E-state index contributed by atoms with van der Waals surface area (Å²) in [5.41, 5.74) is -0.0987. The van der Waals surface area contributed by atoms with Crippen LogP contribution < -0.4 is 10.6 Å². The topological polar surface area (TPSA) is 49.8 Å². The predicted molar refractivity (Wildman–Crippen MR) is 108 cm³/mol. The molecule has 1 heterocycles. The minimum atomic E-state index is -2.88. The number of hydrogen-bond donors (Lipinski definition) is 1. The van der Waals surface area contributed by atoms with Gasteiger partial charge in [-0.05, 0) is 13.3 Å². The first-order chi connectivity index (χ1) is 12.6. The van der Waals surface area contributed by atoms with E-state index in [0.717, 1.165) is 36.3 Å². The van der Waals surface area contributed by atoms with Crippen LogP contribution in [0.15, 0.2) is 60.7 Å². The van der Waals surface area contributed by atoms with E-state index in [2.05, 4.69) is 6.92 Å². The third-order valence-corrected chi connectivity index (χ3v) is 8.88. The van der Waals surface area contributed by atoms with Crippen LogP contribution in [0.25, 0.3) is 0 Å². The molecule has 0 spiro atoms. The van der Waals surface area contributed by atoms with E-state index in [-0.39, 0.29) is 17.9 Å². The maximum absolute atomic E-state index is 14.6. The van der Waals surface area contributed by atoms with Gasteiger partial charge in [0.2, 0.25) is 0 Å². The monoisotopic (exact) mass is 372 g/mol. The second-order valence-electron chi connectivity index (χ2n) is 7.20. The molecule has 0 amide bonds. The van der Waals surface area contributed by atoms with Crippen molar-refractivity contribution < 1.29 is 14.4 Å². The molecule has 0 aliphatic carbocycles. The molecule has 0 radical (unpaired) electrons. The van der Waals surface area contributed by atoms with Gasteiger partial charge in [0.05, 0.1) is 12.2 Å². The van der Waals surface area contributed by atoms with Crippen molar-refractivity contribution in [1.82, 2.24) is 0 Å². The number of rotatable bonds is 9. The largest absolute Gasteiger partial charge is 0.391 e. The molecule has 3 nitrogen and oxygen atoms in total. The van der Waals surface area contributed by atoms with Gasteiger partial charge >= 0.3 is 0 Å². The number of aliphatic hydroxyl groups excluding tert-OH is 1. The van der Waals surface area contributed by atoms with Crippen molar-refractivity contribution in [2.24, 2.45) is 0 Å². The maximum Gasteiger partial charge on any atom is 0.148 e. The van der Waals surface area contributed by atoms with Gasteiger partial charge in [-0.3, -0.25) is 0 Å². The summed E-state index contributed by atoms with van der Waals surface area (Å²) in [4.78, 5) is 0. The highest BCUT2D eigenvalue weighted by Crippen LogP contribution is 2.56. The SMILES string of the molecule is CCCCC[C@H]([C@@H]1O[C@H]1[C@H](C)O)P(=O)(c1ccccc1)c1ccccc1. The lowest BCUT2D eigenvalue weighted by atomic mass is 10.1. The summed E-state index contributed by atoms with van der Waals surface area (Å²) < 4.78 is 20.4.